The molecule has 1 aromatic rings. The van der Waals surface area contributed by atoms with Crippen LogP contribution in [0, 0.1) is 0 Å². The van der Waals surface area contributed by atoms with Crippen molar-refractivity contribution < 1.29 is 19.5 Å². The minimum atomic E-state index is -0.835. The number of nitrogens with one attached hydrogen (secondary N) is 1. The molecule has 7 heteroatoms. The van der Waals surface area contributed by atoms with Gasteiger partial charge in [0.25, 0.3) is 11.8 Å². The van der Waals surface area contributed by atoms with Crippen LogP contribution in [0.3, 0.4) is 0 Å². The minimum absolute atomic E-state index is 0.0247. The second kappa shape index (κ2) is 8.80. The van der Waals surface area contributed by atoms with Crippen LogP contribution in [-0.4, -0.2) is 71.5 Å². The smallest absolute Gasteiger partial charge is 0.317 e. The highest BCUT2D eigenvalue weighted by Gasteiger charge is 2.34. The van der Waals surface area contributed by atoms with E-state index in [0.717, 1.165) is 12.8 Å². The van der Waals surface area contributed by atoms with Crippen molar-refractivity contribution >= 4 is 17.8 Å². The van der Waals surface area contributed by atoms with Crippen LogP contribution in [0.4, 0.5) is 0 Å². The third-order valence-electron chi connectivity index (χ3n) is 4.90. The second-order valence-electron chi connectivity index (χ2n) is 6.65. The summed E-state index contributed by atoms with van der Waals surface area (Å²) in [5.74, 6) is -1.15. The Morgan fingerprint density at radius 3 is 2.38 bits per heavy atom. The second-order valence-corrected chi connectivity index (χ2v) is 6.65. The van der Waals surface area contributed by atoms with Gasteiger partial charge >= 0.3 is 5.97 Å². The summed E-state index contributed by atoms with van der Waals surface area (Å²) in [5, 5.41) is 11.9. The van der Waals surface area contributed by atoms with Crippen LogP contribution >= 0.6 is 0 Å². The van der Waals surface area contributed by atoms with Gasteiger partial charge in [-0.05, 0) is 44.5 Å². The van der Waals surface area contributed by atoms with E-state index >= 15 is 0 Å². The highest BCUT2D eigenvalue weighted by atomic mass is 16.4. The van der Waals surface area contributed by atoms with E-state index in [9.17, 15) is 14.4 Å². The van der Waals surface area contributed by atoms with Crippen LogP contribution in [0.5, 0.6) is 0 Å². The Hall–Kier alpha value is -2.41. The first kappa shape index (κ1) is 19.9. The molecule has 0 unspecified atom stereocenters. The first-order valence-corrected chi connectivity index (χ1v) is 8.97. The lowest BCUT2D eigenvalue weighted by Gasteiger charge is -2.42. The Balaban J connectivity index is 1.91. The number of hydrogen-bond donors (Lipinski definition) is 2. The first-order valence-electron chi connectivity index (χ1n) is 8.97. The zero-order valence-electron chi connectivity index (χ0n) is 15.6. The third-order valence-corrected chi connectivity index (χ3v) is 4.90. The quantitative estimate of drug-likeness (QED) is 0.731. The summed E-state index contributed by atoms with van der Waals surface area (Å²) in [6, 6.07) is 6.94. The molecule has 7 nitrogen and oxygen atoms in total. The Labute approximate surface area is 154 Å². The fourth-order valence-electron chi connectivity index (χ4n) is 3.10. The van der Waals surface area contributed by atoms with Crippen LogP contribution in [0.25, 0.3) is 0 Å². The number of hydrogen-bond acceptors (Lipinski definition) is 4. The molecule has 1 fully saturated rings. The lowest BCUT2D eigenvalue weighted by Crippen LogP contribution is -2.54. The van der Waals surface area contributed by atoms with Crippen molar-refractivity contribution in [2.24, 2.45) is 0 Å². The monoisotopic (exact) mass is 361 g/mol. The highest BCUT2D eigenvalue weighted by molar-refractivity contribution is 5.99. The van der Waals surface area contributed by atoms with Crippen LogP contribution in [0.2, 0.25) is 0 Å². The van der Waals surface area contributed by atoms with Gasteiger partial charge in [0.2, 0.25) is 0 Å². The zero-order valence-corrected chi connectivity index (χ0v) is 15.6. The Bertz CT molecular complexity index is 671. The summed E-state index contributed by atoms with van der Waals surface area (Å²) < 4.78 is 0. The predicted molar refractivity (Wildman–Crippen MR) is 98.2 cm³/mol. The molecule has 0 aromatic heterocycles. The Morgan fingerprint density at radius 2 is 1.81 bits per heavy atom. The van der Waals surface area contributed by atoms with Gasteiger partial charge in [0.1, 0.15) is 0 Å². The fourth-order valence-corrected chi connectivity index (χ4v) is 3.10. The number of carbonyl (C=O) groups is 3. The number of amides is 2. The zero-order chi connectivity index (χ0) is 19.3. The Kier molecular flexibility index (Phi) is 6.74. The van der Waals surface area contributed by atoms with Crippen molar-refractivity contribution in [2.75, 3.05) is 26.7 Å². The van der Waals surface area contributed by atoms with Crippen molar-refractivity contribution in [3.8, 4) is 0 Å². The standard InChI is InChI=1S/C19H27N3O4/c1-4-21(3)19(26)14-8-6-7-13(9-14)18(25)20-15-10-16(11-15)22(5-2)12-17(23)24/h6-9,15-16H,4-5,10-12H2,1-3H3,(H,20,25)(H,23,24). The Morgan fingerprint density at radius 1 is 1.15 bits per heavy atom. The van der Waals surface area contributed by atoms with Crippen molar-refractivity contribution in [2.45, 2.75) is 38.8 Å². The molecule has 0 bridgehead atoms. The maximum atomic E-state index is 12.4. The lowest BCUT2D eigenvalue weighted by molar-refractivity contribution is -0.139. The van der Waals surface area contributed by atoms with Crippen molar-refractivity contribution in [1.29, 1.82) is 0 Å². The molecule has 0 radical (unpaired) electrons. The average Bonchev–Trinajstić information content (AvgIpc) is 2.61. The van der Waals surface area contributed by atoms with Crippen LogP contribution < -0.4 is 5.32 Å². The fraction of sp³-hybridized carbons (Fsp3) is 0.526. The number of benzene rings is 1. The summed E-state index contributed by atoms with van der Waals surface area (Å²) >= 11 is 0. The van der Waals surface area contributed by atoms with Gasteiger partial charge in [-0.1, -0.05) is 13.0 Å². The normalized spacial score (nSPS) is 18.9. The number of carboxylic acids is 1. The van der Waals surface area contributed by atoms with E-state index in [1.54, 1.807) is 36.2 Å². The summed E-state index contributed by atoms with van der Waals surface area (Å²) in [6.07, 6.45) is 1.48. The molecule has 142 valence electrons. The van der Waals surface area contributed by atoms with Crippen LogP contribution in [0.15, 0.2) is 24.3 Å². The van der Waals surface area contributed by atoms with E-state index in [-0.39, 0.29) is 30.4 Å². The number of rotatable bonds is 8. The third kappa shape index (κ3) is 4.82. The van der Waals surface area contributed by atoms with E-state index < -0.39 is 5.97 Å². The number of carbonyl (C=O) groups excluding carboxylic acids is 2. The maximum Gasteiger partial charge on any atom is 0.317 e. The molecule has 1 aliphatic carbocycles. The number of nitrogens with zero attached hydrogens (tertiary/aromatic N) is 2. The van der Waals surface area contributed by atoms with Gasteiger partial charge in [0.05, 0.1) is 6.54 Å². The van der Waals surface area contributed by atoms with Gasteiger partial charge < -0.3 is 15.3 Å². The van der Waals surface area contributed by atoms with E-state index in [1.165, 1.54) is 0 Å². The largest absolute Gasteiger partial charge is 0.480 e. The molecule has 2 rings (SSSR count). The maximum absolute atomic E-state index is 12.4. The highest BCUT2D eigenvalue weighted by Crippen LogP contribution is 2.26. The summed E-state index contributed by atoms with van der Waals surface area (Å²) in [7, 11) is 1.72. The molecule has 0 aliphatic heterocycles. The van der Waals surface area contributed by atoms with E-state index in [0.29, 0.717) is 24.2 Å². The van der Waals surface area contributed by atoms with Crippen molar-refractivity contribution in [3.63, 3.8) is 0 Å². The van der Waals surface area contributed by atoms with E-state index in [1.807, 2.05) is 18.7 Å². The van der Waals surface area contributed by atoms with Crippen molar-refractivity contribution in [1.82, 2.24) is 15.1 Å². The molecule has 2 amide bonds. The predicted octanol–water partition coefficient (Wildman–Crippen LogP) is 1.45. The molecule has 1 saturated carbocycles. The molecule has 0 atom stereocenters. The first-order chi connectivity index (χ1) is 12.3. The summed E-state index contributed by atoms with van der Waals surface area (Å²) in [5.41, 5.74) is 0.953. The van der Waals surface area contributed by atoms with E-state index in [2.05, 4.69) is 5.32 Å². The topological polar surface area (TPSA) is 90.0 Å². The van der Waals surface area contributed by atoms with E-state index in [4.69, 9.17) is 5.11 Å². The molecule has 2 N–H and O–H groups in total. The number of likely N-dealkylation sites (N-methyl/N-ethyl adjacent to an activating group) is 1. The average molecular weight is 361 g/mol. The summed E-state index contributed by atoms with van der Waals surface area (Å²) in [4.78, 5) is 39.0. The van der Waals surface area contributed by atoms with Crippen LogP contribution in [-0.2, 0) is 4.79 Å². The molecule has 1 aromatic carbocycles. The number of carboxylic acid groups (broad SMARTS) is 1. The van der Waals surface area contributed by atoms with Gasteiger partial charge in [-0.3, -0.25) is 19.3 Å². The molecule has 26 heavy (non-hydrogen) atoms. The number of aliphatic carboxylic acids is 1. The molecular weight excluding hydrogens is 334 g/mol. The van der Waals surface area contributed by atoms with Gasteiger partial charge in [-0.25, -0.2) is 0 Å². The molecule has 0 saturated heterocycles. The van der Waals surface area contributed by atoms with Gasteiger partial charge in [0, 0.05) is 36.8 Å². The van der Waals surface area contributed by atoms with Crippen molar-refractivity contribution in [3.05, 3.63) is 35.4 Å². The minimum Gasteiger partial charge on any atom is -0.480 e. The SMILES string of the molecule is CCN(C)C(=O)c1cccc(C(=O)NC2CC(N(CC)CC(=O)O)C2)c1. The summed E-state index contributed by atoms with van der Waals surface area (Å²) in [6.45, 7) is 5.13. The lowest BCUT2D eigenvalue weighted by atomic mass is 9.85. The van der Waals surface area contributed by atoms with Crippen LogP contribution in [0.1, 0.15) is 47.4 Å². The molecule has 0 heterocycles. The van der Waals surface area contributed by atoms with Gasteiger partial charge in [-0.15, -0.1) is 0 Å². The molecule has 0 spiro atoms. The van der Waals surface area contributed by atoms with Gasteiger partial charge in [0.15, 0.2) is 0 Å². The van der Waals surface area contributed by atoms with Gasteiger partial charge in [-0.2, -0.15) is 0 Å². The molecular formula is C19H27N3O4. The molecule has 1 aliphatic rings.